The van der Waals surface area contributed by atoms with E-state index >= 15 is 0 Å². The lowest BCUT2D eigenvalue weighted by molar-refractivity contribution is -0.124. The van der Waals surface area contributed by atoms with Gasteiger partial charge in [0.2, 0.25) is 5.91 Å². The van der Waals surface area contributed by atoms with Crippen molar-refractivity contribution in [2.24, 2.45) is 0 Å². The van der Waals surface area contributed by atoms with E-state index < -0.39 is 0 Å². The van der Waals surface area contributed by atoms with Crippen molar-refractivity contribution in [1.29, 1.82) is 0 Å². The molecule has 6 heterocycles. The molecular weight excluding hydrogens is 542 g/mol. The van der Waals surface area contributed by atoms with Gasteiger partial charge >= 0.3 is 0 Å². The summed E-state index contributed by atoms with van der Waals surface area (Å²) in [5.74, 6) is 0.964. The number of piperidine rings is 1. The van der Waals surface area contributed by atoms with Crippen LogP contribution in [0.15, 0.2) is 18.6 Å². The summed E-state index contributed by atoms with van der Waals surface area (Å²) in [7, 11) is 1.63. The standard InChI is InChI=1S/C28H37N9O3S/c1-17(2)23-24(19-13-21(39-4)26-29-16-30-37(26)14-19)33-34-25(23)27-31-18(3)28(41-27)36-7-5-20(6-8-36)32-22(38)15-35-9-11-40-12-10-35/h13-14,16-17,20H,5-12,15H2,1-4H3,(H,32,38)(H,33,34). The zero-order valence-electron chi connectivity index (χ0n) is 24.0. The summed E-state index contributed by atoms with van der Waals surface area (Å²) < 4.78 is 12.7. The molecule has 13 heteroatoms. The van der Waals surface area contributed by atoms with Gasteiger partial charge in [-0.3, -0.25) is 14.8 Å². The Hall–Kier alpha value is -3.55. The first-order valence-corrected chi connectivity index (χ1v) is 15.0. The van der Waals surface area contributed by atoms with Crippen molar-refractivity contribution in [3.63, 3.8) is 0 Å². The molecule has 12 nitrogen and oxygen atoms in total. The van der Waals surface area contributed by atoms with Crippen LogP contribution in [0.1, 0.15) is 43.9 Å². The number of ether oxygens (including phenoxy) is 2. The second-order valence-electron chi connectivity index (χ2n) is 11.0. The molecule has 0 saturated carbocycles. The van der Waals surface area contributed by atoms with Gasteiger partial charge < -0.3 is 19.7 Å². The number of aryl methyl sites for hydroxylation is 1. The Balaban J connectivity index is 1.17. The van der Waals surface area contributed by atoms with E-state index in [0.29, 0.717) is 31.2 Å². The normalized spacial score (nSPS) is 17.0. The molecule has 41 heavy (non-hydrogen) atoms. The Morgan fingerprint density at radius 2 is 2.02 bits per heavy atom. The molecule has 0 radical (unpaired) electrons. The van der Waals surface area contributed by atoms with E-state index in [9.17, 15) is 4.79 Å². The van der Waals surface area contributed by atoms with Gasteiger partial charge in [0.1, 0.15) is 16.3 Å². The van der Waals surface area contributed by atoms with E-state index in [1.54, 1.807) is 23.0 Å². The van der Waals surface area contributed by atoms with E-state index in [1.165, 1.54) is 11.3 Å². The molecule has 2 aliphatic rings. The van der Waals surface area contributed by atoms with Crippen LogP contribution in [0.5, 0.6) is 5.75 Å². The topological polar surface area (TPSA) is 126 Å². The Kier molecular flexibility index (Phi) is 7.91. The minimum Gasteiger partial charge on any atom is -0.493 e. The number of nitrogens with zero attached hydrogens (tertiary/aromatic N) is 7. The van der Waals surface area contributed by atoms with Crippen LogP contribution < -0.4 is 15.0 Å². The highest BCUT2D eigenvalue weighted by Gasteiger charge is 2.27. The Morgan fingerprint density at radius 1 is 1.24 bits per heavy atom. The van der Waals surface area contributed by atoms with Crippen LogP contribution in [-0.4, -0.2) is 99.7 Å². The average Bonchev–Trinajstić information content (AvgIpc) is 3.71. The van der Waals surface area contributed by atoms with Crippen molar-refractivity contribution >= 4 is 27.9 Å². The first kappa shape index (κ1) is 27.6. The Morgan fingerprint density at radius 3 is 2.76 bits per heavy atom. The van der Waals surface area contributed by atoms with Crippen LogP contribution in [0.25, 0.3) is 27.6 Å². The number of methoxy groups -OCH3 is 1. The number of hydrogen-bond donors (Lipinski definition) is 2. The fourth-order valence-electron chi connectivity index (χ4n) is 5.72. The lowest BCUT2D eigenvalue weighted by Gasteiger charge is -2.34. The van der Waals surface area contributed by atoms with E-state index in [-0.39, 0.29) is 17.9 Å². The molecule has 0 bridgehead atoms. The van der Waals surface area contributed by atoms with Crippen LogP contribution in [0.2, 0.25) is 0 Å². The summed E-state index contributed by atoms with van der Waals surface area (Å²) in [6.07, 6.45) is 5.28. The largest absolute Gasteiger partial charge is 0.493 e. The molecule has 0 atom stereocenters. The minimum atomic E-state index is 0.110. The number of aromatic nitrogens is 6. The first-order chi connectivity index (χ1) is 19.9. The summed E-state index contributed by atoms with van der Waals surface area (Å²) in [5, 5.41) is 17.7. The molecule has 2 N–H and O–H groups in total. The molecular formula is C28H37N9O3S. The number of amides is 1. The maximum Gasteiger partial charge on any atom is 0.234 e. The molecule has 2 fully saturated rings. The van der Waals surface area contributed by atoms with Crippen molar-refractivity contribution < 1.29 is 14.3 Å². The Labute approximate surface area is 243 Å². The molecule has 1 amide bonds. The average molecular weight is 580 g/mol. The third kappa shape index (κ3) is 5.66. The number of thiazole rings is 1. The quantitative estimate of drug-likeness (QED) is 0.324. The second kappa shape index (κ2) is 11.7. The highest BCUT2D eigenvalue weighted by molar-refractivity contribution is 7.19. The SMILES string of the molecule is COc1cc(-c2n[nH]c(-c3nc(C)c(N4CCC(NC(=O)CN5CCOCC5)CC4)s3)c2C(C)C)cn2ncnc12. The molecule has 6 rings (SSSR count). The van der Waals surface area contributed by atoms with Gasteiger partial charge in [-0.25, -0.2) is 14.5 Å². The lowest BCUT2D eigenvalue weighted by Crippen LogP contribution is -2.49. The number of anilines is 1. The fourth-order valence-corrected chi connectivity index (χ4v) is 6.85. The molecule has 218 valence electrons. The number of H-pyrrole nitrogens is 1. The van der Waals surface area contributed by atoms with Crippen LogP contribution >= 0.6 is 11.3 Å². The summed E-state index contributed by atoms with van der Waals surface area (Å²) in [6.45, 7) is 11.7. The summed E-state index contributed by atoms with van der Waals surface area (Å²) in [6, 6.07) is 2.16. The van der Waals surface area contributed by atoms with E-state index in [4.69, 9.17) is 19.6 Å². The number of nitrogens with one attached hydrogen (secondary N) is 2. The van der Waals surface area contributed by atoms with Crippen molar-refractivity contribution in [3.05, 3.63) is 29.8 Å². The summed E-state index contributed by atoms with van der Waals surface area (Å²) in [5.41, 5.74) is 5.48. The monoisotopic (exact) mass is 579 g/mol. The van der Waals surface area contributed by atoms with Gasteiger partial charge in [-0.15, -0.1) is 0 Å². The van der Waals surface area contributed by atoms with Crippen LogP contribution in [0.4, 0.5) is 5.00 Å². The summed E-state index contributed by atoms with van der Waals surface area (Å²) >= 11 is 1.69. The van der Waals surface area contributed by atoms with Crippen molar-refractivity contribution in [1.82, 2.24) is 40.0 Å². The van der Waals surface area contributed by atoms with Crippen molar-refractivity contribution in [3.8, 4) is 27.7 Å². The van der Waals surface area contributed by atoms with Gasteiger partial charge in [-0.1, -0.05) is 25.2 Å². The van der Waals surface area contributed by atoms with Crippen LogP contribution in [-0.2, 0) is 9.53 Å². The molecule has 2 saturated heterocycles. The van der Waals surface area contributed by atoms with E-state index in [1.807, 2.05) is 12.3 Å². The molecule has 0 aromatic carbocycles. The maximum atomic E-state index is 12.6. The highest BCUT2D eigenvalue weighted by atomic mass is 32.1. The number of fused-ring (bicyclic) bond motifs is 1. The molecule has 0 unspecified atom stereocenters. The number of carbonyl (C=O) groups excluding carboxylic acids is 1. The van der Waals surface area contributed by atoms with Gasteiger partial charge in [0, 0.05) is 49.5 Å². The first-order valence-electron chi connectivity index (χ1n) is 14.2. The number of carbonyl (C=O) groups is 1. The zero-order chi connectivity index (χ0) is 28.5. The van der Waals surface area contributed by atoms with Crippen molar-refractivity contribution in [2.45, 2.75) is 45.6 Å². The minimum absolute atomic E-state index is 0.110. The van der Waals surface area contributed by atoms with Gasteiger partial charge in [-0.05, 0) is 31.7 Å². The molecule has 4 aromatic rings. The predicted octanol–water partition coefficient (Wildman–Crippen LogP) is 3.10. The maximum absolute atomic E-state index is 12.6. The Bertz CT molecular complexity index is 1510. The van der Waals surface area contributed by atoms with Gasteiger partial charge in [0.05, 0.1) is 44.0 Å². The molecule has 4 aromatic heterocycles. The van der Waals surface area contributed by atoms with Gasteiger partial charge in [0.25, 0.3) is 0 Å². The molecule has 2 aliphatic heterocycles. The van der Waals surface area contributed by atoms with Crippen LogP contribution in [0.3, 0.4) is 0 Å². The number of aromatic amines is 1. The number of hydrogen-bond acceptors (Lipinski definition) is 10. The lowest BCUT2D eigenvalue weighted by atomic mass is 9.97. The third-order valence-corrected chi connectivity index (χ3v) is 9.06. The number of pyridine rings is 1. The van der Waals surface area contributed by atoms with Gasteiger partial charge in [-0.2, -0.15) is 10.2 Å². The molecule has 0 spiro atoms. The van der Waals surface area contributed by atoms with E-state index in [0.717, 1.165) is 72.2 Å². The van der Waals surface area contributed by atoms with Crippen LogP contribution in [0, 0.1) is 6.92 Å². The smallest absolute Gasteiger partial charge is 0.234 e. The fraction of sp³-hybridized carbons (Fsp3) is 0.536. The third-order valence-electron chi connectivity index (χ3n) is 7.82. The van der Waals surface area contributed by atoms with E-state index in [2.05, 4.69) is 51.1 Å². The molecule has 0 aliphatic carbocycles. The highest BCUT2D eigenvalue weighted by Crippen LogP contribution is 2.41. The number of morpholine rings is 1. The number of rotatable bonds is 8. The summed E-state index contributed by atoms with van der Waals surface area (Å²) in [4.78, 5) is 26.4. The van der Waals surface area contributed by atoms with Crippen molar-refractivity contribution in [2.75, 3.05) is 57.9 Å². The predicted molar refractivity (Wildman–Crippen MR) is 158 cm³/mol. The van der Waals surface area contributed by atoms with Gasteiger partial charge in [0.15, 0.2) is 11.4 Å². The second-order valence-corrected chi connectivity index (χ2v) is 11.9. The zero-order valence-corrected chi connectivity index (χ0v) is 24.8.